The number of methoxy groups -OCH3 is 1. The minimum Gasteiger partial charge on any atom is -0.466 e. The molecule has 0 rings (SSSR count). The average molecular weight is 149 g/mol. The van der Waals surface area contributed by atoms with Crippen LogP contribution >= 0.6 is 7.80 Å². The number of rotatable bonds is 2. The van der Waals surface area contributed by atoms with E-state index in [1.54, 1.807) is 6.92 Å². The molecule has 0 saturated heterocycles. The predicted molar refractivity (Wildman–Crippen MR) is 35.0 cm³/mol. The number of hydrogen-bond donors (Lipinski definition) is 0. The van der Waals surface area contributed by atoms with Crippen LogP contribution in [-0.4, -0.2) is 25.4 Å². The van der Waals surface area contributed by atoms with Gasteiger partial charge in [0.2, 0.25) is 5.66 Å². The van der Waals surface area contributed by atoms with Crippen molar-refractivity contribution in [1.29, 1.82) is 0 Å². The van der Waals surface area contributed by atoms with Crippen molar-refractivity contribution in [3.63, 3.8) is 0 Å². The van der Waals surface area contributed by atoms with Crippen molar-refractivity contribution in [3.05, 3.63) is 0 Å². The minimum absolute atomic E-state index is 0.404. The molecule has 0 amide bonds. The summed E-state index contributed by atoms with van der Waals surface area (Å²) in [7, 11) is -0.142. The highest BCUT2D eigenvalue weighted by atomic mass is 31.1. The molecular formula is C5H10O3P+. The Morgan fingerprint density at radius 3 is 2.22 bits per heavy atom. The lowest BCUT2D eigenvalue weighted by Gasteiger charge is -1.94. The van der Waals surface area contributed by atoms with E-state index in [1.807, 2.05) is 0 Å². The fourth-order valence-electron chi connectivity index (χ4n) is 0.319. The van der Waals surface area contributed by atoms with Gasteiger partial charge in [-0.15, -0.1) is 0 Å². The number of ether oxygens (including phenoxy) is 1. The Balaban J connectivity index is 3.88. The van der Waals surface area contributed by atoms with Crippen LogP contribution in [0.3, 0.4) is 0 Å². The number of esters is 1. The van der Waals surface area contributed by atoms with E-state index in [2.05, 4.69) is 4.74 Å². The molecule has 0 aromatic rings. The largest absolute Gasteiger partial charge is 0.466 e. The van der Waals surface area contributed by atoms with Crippen LogP contribution in [0.25, 0.3) is 0 Å². The fraction of sp³-hybridized carbons (Fsp3) is 0.800. The summed E-state index contributed by atoms with van der Waals surface area (Å²) in [6, 6.07) is 0. The second-order valence-electron chi connectivity index (χ2n) is 1.75. The summed E-state index contributed by atoms with van der Waals surface area (Å²) in [5.41, 5.74) is -0.468. The van der Waals surface area contributed by atoms with Gasteiger partial charge in [-0.3, -0.25) is 0 Å². The smallest absolute Gasteiger partial charge is 0.357 e. The van der Waals surface area contributed by atoms with Gasteiger partial charge in [0, 0.05) is 0 Å². The zero-order valence-corrected chi connectivity index (χ0v) is 6.64. The molecule has 0 bridgehead atoms. The van der Waals surface area contributed by atoms with Crippen molar-refractivity contribution in [2.45, 2.75) is 12.6 Å². The molecule has 4 heteroatoms. The molecule has 9 heavy (non-hydrogen) atoms. The Hall–Kier alpha value is -0.430. The van der Waals surface area contributed by atoms with E-state index in [-0.39, 0.29) is 0 Å². The van der Waals surface area contributed by atoms with Gasteiger partial charge in [-0.1, -0.05) is 4.57 Å². The quantitative estimate of drug-likeness (QED) is 0.434. The third-order valence-corrected chi connectivity index (χ3v) is 2.39. The Labute approximate surface area is 55.2 Å². The van der Waals surface area contributed by atoms with Gasteiger partial charge in [0.15, 0.2) is 0 Å². The highest BCUT2D eigenvalue weighted by Crippen LogP contribution is 2.22. The Kier molecular flexibility index (Phi) is 3.40. The topological polar surface area (TPSA) is 43.4 Å². The first-order valence-electron chi connectivity index (χ1n) is 2.57. The average Bonchev–Trinajstić information content (AvgIpc) is 1.84. The van der Waals surface area contributed by atoms with Crippen LogP contribution in [0.15, 0.2) is 0 Å². The standard InChI is InChI=1S/C5H10O3P/c1-4(9(3)7)5(6)8-2/h4H,1-3H3/q+1. The SMILES string of the molecule is COC(=O)C(C)[P+](C)=O. The molecule has 0 radical (unpaired) electrons. The molecule has 0 aliphatic carbocycles. The summed E-state index contributed by atoms with van der Waals surface area (Å²) < 4.78 is 14.9. The zero-order chi connectivity index (χ0) is 7.44. The van der Waals surface area contributed by atoms with Crippen LogP contribution in [-0.2, 0) is 14.1 Å². The van der Waals surface area contributed by atoms with Gasteiger partial charge in [-0.25, -0.2) is 4.79 Å². The number of hydrogen-bond acceptors (Lipinski definition) is 3. The van der Waals surface area contributed by atoms with Crippen LogP contribution in [0.4, 0.5) is 0 Å². The van der Waals surface area contributed by atoms with E-state index >= 15 is 0 Å². The molecule has 3 nitrogen and oxygen atoms in total. The van der Waals surface area contributed by atoms with E-state index in [1.165, 1.54) is 13.8 Å². The number of carbonyl (C=O) groups is 1. The van der Waals surface area contributed by atoms with E-state index in [0.29, 0.717) is 0 Å². The van der Waals surface area contributed by atoms with E-state index < -0.39 is 19.4 Å². The molecule has 0 fully saturated rings. The van der Waals surface area contributed by atoms with Gasteiger partial charge < -0.3 is 4.74 Å². The van der Waals surface area contributed by atoms with Crippen LogP contribution < -0.4 is 0 Å². The first-order chi connectivity index (χ1) is 4.09. The van der Waals surface area contributed by atoms with Crippen molar-refractivity contribution in [2.75, 3.05) is 13.8 Å². The summed E-state index contributed by atoms with van der Waals surface area (Å²) in [5.74, 6) is -0.404. The molecule has 0 aromatic heterocycles. The first kappa shape index (κ1) is 8.57. The monoisotopic (exact) mass is 149 g/mol. The zero-order valence-electron chi connectivity index (χ0n) is 5.75. The molecule has 0 spiro atoms. The van der Waals surface area contributed by atoms with Gasteiger partial charge in [-0.2, -0.15) is 0 Å². The summed E-state index contributed by atoms with van der Waals surface area (Å²) in [6.45, 7) is 3.10. The lowest BCUT2D eigenvalue weighted by Crippen LogP contribution is -2.13. The van der Waals surface area contributed by atoms with Crippen molar-refractivity contribution in [3.8, 4) is 0 Å². The Morgan fingerprint density at radius 2 is 2.11 bits per heavy atom. The van der Waals surface area contributed by atoms with Crippen LogP contribution in [0, 0.1) is 0 Å². The molecule has 0 N–H and O–H groups in total. The van der Waals surface area contributed by atoms with Crippen molar-refractivity contribution in [2.24, 2.45) is 0 Å². The van der Waals surface area contributed by atoms with Gasteiger partial charge in [0.25, 0.3) is 0 Å². The molecule has 0 saturated carbocycles. The molecule has 52 valence electrons. The van der Waals surface area contributed by atoms with Gasteiger partial charge in [0.1, 0.15) is 6.66 Å². The lowest BCUT2D eigenvalue weighted by atomic mass is 10.5. The lowest BCUT2D eigenvalue weighted by molar-refractivity contribution is -0.139. The fourth-order valence-corrected chi connectivity index (χ4v) is 0.721. The summed E-state index contributed by atoms with van der Waals surface area (Å²) in [4.78, 5) is 10.5. The van der Waals surface area contributed by atoms with Crippen LogP contribution in [0.2, 0.25) is 0 Å². The second kappa shape index (κ2) is 3.57. The predicted octanol–water partition coefficient (Wildman–Crippen LogP) is 1.01. The van der Waals surface area contributed by atoms with Crippen molar-refractivity contribution >= 4 is 13.8 Å². The maximum Gasteiger partial charge on any atom is 0.357 e. The first-order valence-corrected chi connectivity index (χ1v) is 4.35. The highest BCUT2D eigenvalue weighted by molar-refractivity contribution is 7.45. The van der Waals surface area contributed by atoms with Crippen LogP contribution in [0.5, 0.6) is 0 Å². The van der Waals surface area contributed by atoms with E-state index in [9.17, 15) is 9.36 Å². The van der Waals surface area contributed by atoms with E-state index in [4.69, 9.17) is 0 Å². The van der Waals surface area contributed by atoms with Gasteiger partial charge in [0.05, 0.1) is 7.11 Å². The molecule has 2 atom stereocenters. The maximum atomic E-state index is 10.6. The molecule has 0 aliphatic rings. The van der Waals surface area contributed by atoms with Crippen molar-refractivity contribution in [1.82, 2.24) is 0 Å². The normalized spacial score (nSPS) is 14.3. The highest BCUT2D eigenvalue weighted by Gasteiger charge is 2.28. The van der Waals surface area contributed by atoms with Gasteiger partial charge in [-0.05, 0) is 6.92 Å². The Bertz CT molecular complexity index is 132. The minimum atomic E-state index is -1.43. The molecule has 2 unspecified atom stereocenters. The third kappa shape index (κ3) is 2.56. The van der Waals surface area contributed by atoms with Gasteiger partial charge >= 0.3 is 13.8 Å². The molecule has 0 aromatic carbocycles. The molecular weight excluding hydrogens is 139 g/mol. The summed E-state index contributed by atoms with van der Waals surface area (Å²) >= 11 is 0. The summed E-state index contributed by atoms with van der Waals surface area (Å²) in [6.07, 6.45) is 0. The Morgan fingerprint density at radius 1 is 1.67 bits per heavy atom. The van der Waals surface area contributed by atoms with Crippen LogP contribution in [0.1, 0.15) is 6.92 Å². The number of carbonyl (C=O) groups excluding carboxylic acids is 1. The maximum absolute atomic E-state index is 10.6. The van der Waals surface area contributed by atoms with Crippen molar-refractivity contribution < 1.29 is 14.1 Å². The summed E-state index contributed by atoms with van der Waals surface area (Å²) in [5, 5.41) is 0. The second-order valence-corrected chi connectivity index (χ2v) is 3.61. The molecule has 0 heterocycles. The third-order valence-electron chi connectivity index (χ3n) is 1.09. The molecule has 0 aliphatic heterocycles. The van der Waals surface area contributed by atoms with E-state index in [0.717, 1.165) is 0 Å².